The number of benzene rings is 1. The Morgan fingerprint density at radius 1 is 1.19 bits per heavy atom. The smallest absolute Gasteiger partial charge is 0.255 e. The lowest BCUT2D eigenvalue weighted by Gasteiger charge is -2.16. The summed E-state index contributed by atoms with van der Waals surface area (Å²) in [5.74, 6) is -0.259. The van der Waals surface area contributed by atoms with Crippen LogP contribution in [-0.2, 0) is 9.84 Å². The summed E-state index contributed by atoms with van der Waals surface area (Å²) in [6, 6.07) is 8.04. The first-order valence-electron chi connectivity index (χ1n) is 8.09. The van der Waals surface area contributed by atoms with E-state index in [-0.39, 0.29) is 16.8 Å². The van der Waals surface area contributed by atoms with E-state index in [1.807, 2.05) is 26.8 Å². The molecule has 2 aromatic heterocycles. The van der Waals surface area contributed by atoms with Crippen LogP contribution in [0.4, 0.5) is 0 Å². The number of aryl methyl sites for hydroxylation is 2. The Labute approximate surface area is 152 Å². The van der Waals surface area contributed by atoms with Crippen molar-refractivity contribution in [1.29, 1.82) is 0 Å². The van der Waals surface area contributed by atoms with Gasteiger partial charge in [-0.2, -0.15) is 5.10 Å². The van der Waals surface area contributed by atoms with Crippen LogP contribution in [0.1, 0.15) is 40.3 Å². The van der Waals surface area contributed by atoms with E-state index in [0.29, 0.717) is 16.9 Å². The van der Waals surface area contributed by atoms with E-state index in [2.05, 4.69) is 15.4 Å². The molecule has 8 heteroatoms. The van der Waals surface area contributed by atoms with Gasteiger partial charge in [0.05, 0.1) is 27.9 Å². The Balaban J connectivity index is 1.82. The highest BCUT2D eigenvalue weighted by molar-refractivity contribution is 7.90. The number of aromatic nitrogens is 3. The van der Waals surface area contributed by atoms with Gasteiger partial charge in [-0.15, -0.1) is 0 Å². The van der Waals surface area contributed by atoms with Crippen molar-refractivity contribution in [3.63, 3.8) is 0 Å². The summed E-state index contributed by atoms with van der Waals surface area (Å²) < 4.78 is 24.7. The van der Waals surface area contributed by atoms with Crippen molar-refractivity contribution in [1.82, 2.24) is 19.9 Å². The molecule has 1 atom stereocenters. The third kappa shape index (κ3) is 3.45. The summed E-state index contributed by atoms with van der Waals surface area (Å²) >= 11 is 0. The maximum Gasteiger partial charge on any atom is 0.255 e. The van der Waals surface area contributed by atoms with E-state index in [1.165, 1.54) is 0 Å². The fourth-order valence-electron chi connectivity index (χ4n) is 2.75. The van der Waals surface area contributed by atoms with Crippen molar-refractivity contribution in [3.8, 4) is 0 Å². The normalized spacial score (nSPS) is 12.9. The molecule has 3 aromatic rings. The van der Waals surface area contributed by atoms with Gasteiger partial charge < -0.3 is 5.32 Å². The molecular formula is C18H20N4O3S. The molecule has 0 bridgehead atoms. The van der Waals surface area contributed by atoms with Crippen LogP contribution in [-0.4, -0.2) is 35.2 Å². The van der Waals surface area contributed by atoms with E-state index in [1.54, 1.807) is 35.0 Å². The number of rotatable bonds is 4. The van der Waals surface area contributed by atoms with Crippen LogP contribution < -0.4 is 5.32 Å². The van der Waals surface area contributed by atoms with Crippen LogP contribution in [0.25, 0.3) is 5.65 Å². The Hall–Kier alpha value is -2.74. The number of amides is 1. The molecule has 0 fully saturated rings. The Kier molecular flexibility index (Phi) is 4.53. The summed E-state index contributed by atoms with van der Waals surface area (Å²) in [6.07, 6.45) is 2.71. The van der Waals surface area contributed by atoms with Gasteiger partial charge in [-0.25, -0.2) is 17.9 Å². The lowest BCUT2D eigenvalue weighted by atomic mass is 10.1. The summed E-state index contributed by atoms with van der Waals surface area (Å²) in [5, 5.41) is 7.26. The fraction of sp³-hybridized carbons (Fsp3) is 0.278. The average Bonchev–Trinajstić information content (AvgIpc) is 2.95. The van der Waals surface area contributed by atoms with Gasteiger partial charge in [0.2, 0.25) is 0 Å². The molecule has 0 aliphatic carbocycles. The van der Waals surface area contributed by atoms with Crippen LogP contribution in [0.2, 0.25) is 0 Å². The fourth-order valence-corrected chi connectivity index (χ4v) is 3.38. The van der Waals surface area contributed by atoms with Gasteiger partial charge in [0.25, 0.3) is 5.91 Å². The summed E-state index contributed by atoms with van der Waals surface area (Å²) in [5.41, 5.74) is 3.49. The first-order chi connectivity index (χ1) is 12.2. The summed E-state index contributed by atoms with van der Waals surface area (Å²) in [7, 11) is -3.24. The van der Waals surface area contributed by atoms with E-state index < -0.39 is 9.84 Å². The van der Waals surface area contributed by atoms with Gasteiger partial charge in [-0.05, 0) is 38.5 Å². The lowest BCUT2D eigenvalue weighted by molar-refractivity contribution is 0.0938. The highest BCUT2D eigenvalue weighted by Crippen LogP contribution is 2.18. The van der Waals surface area contributed by atoms with Crippen LogP contribution >= 0.6 is 0 Å². The minimum Gasteiger partial charge on any atom is -0.345 e. The molecule has 1 aromatic carbocycles. The van der Waals surface area contributed by atoms with Crippen molar-refractivity contribution in [3.05, 3.63) is 59.0 Å². The zero-order valence-electron chi connectivity index (χ0n) is 15.0. The Morgan fingerprint density at radius 3 is 2.46 bits per heavy atom. The van der Waals surface area contributed by atoms with Gasteiger partial charge in [-0.1, -0.05) is 12.1 Å². The number of fused-ring (bicyclic) bond motifs is 1. The highest BCUT2D eigenvalue weighted by Gasteiger charge is 2.17. The molecule has 1 N–H and O–H groups in total. The van der Waals surface area contributed by atoms with Crippen molar-refractivity contribution in [2.24, 2.45) is 0 Å². The molecule has 0 spiro atoms. The monoisotopic (exact) mass is 372 g/mol. The van der Waals surface area contributed by atoms with Crippen molar-refractivity contribution < 1.29 is 13.2 Å². The van der Waals surface area contributed by atoms with Crippen molar-refractivity contribution >= 4 is 21.4 Å². The zero-order chi connectivity index (χ0) is 19.1. The van der Waals surface area contributed by atoms with E-state index in [9.17, 15) is 13.2 Å². The lowest BCUT2D eigenvalue weighted by Crippen LogP contribution is -2.28. The molecular weight excluding hydrogens is 352 g/mol. The molecule has 2 heterocycles. The van der Waals surface area contributed by atoms with Crippen molar-refractivity contribution in [2.75, 3.05) is 6.26 Å². The van der Waals surface area contributed by atoms with Gasteiger partial charge >= 0.3 is 0 Å². The van der Waals surface area contributed by atoms with E-state index in [0.717, 1.165) is 17.5 Å². The molecule has 0 saturated carbocycles. The second-order valence-electron chi connectivity index (χ2n) is 6.35. The standard InChI is InChI=1S/C18H20N4O3S/c1-11-9-17-19-10-16(13(3)22(17)21-11)18(23)20-12(2)14-5-7-15(8-6-14)26(4,24)25/h5-10,12H,1-4H3,(H,20,23). The summed E-state index contributed by atoms with van der Waals surface area (Å²) in [4.78, 5) is 17.2. The number of nitrogens with zero attached hydrogens (tertiary/aromatic N) is 3. The first-order valence-corrected chi connectivity index (χ1v) is 9.99. The van der Waals surface area contributed by atoms with Crippen LogP contribution in [0.3, 0.4) is 0 Å². The number of hydrogen-bond acceptors (Lipinski definition) is 5. The van der Waals surface area contributed by atoms with Crippen LogP contribution in [0.15, 0.2) is 41.4 Å². The molecule has 0 saturated heterocycles. The second-order valence-corrected chi connectivity index (χ2v) is 8.37. The summed E-state index contributed by atoms with van der Waals surface area (Å²) in [6.45, 7) is 5.53. The maximum absolute atomic E-state index is 12.6. The molecule has 0 aliphatic heterocycles. The third-order valence-electron chi connectivity index (χ3n) is 4.25. The number of carbonyl (C=O) groups is 1. The molecule has 26 heavy (non-hydrogen) atoms. The predicted molar refractivity (Wildman–Crippen MR) is 97.9 cm³/mol. The van der Waals surface area contributed by atoms with E-state index >= 15 is 0 Å². The predicted octanol–water partition coefficient (Wildman–Crippen LogP) is 2.24. The Bertz CT molecular complexity index is 1090. The zero-order valence-corrected chi connectivity index (χ0v) is 15.8. The molecule has 0 aliphatic rings. The highest BCUT2D eigenvalue weighted by atomic mass is 32.2. The molecule has 3 rings (SSSR count). The average molecular weight is 372 g/mol. The first kappa shape index (κ1) is 18.1. The molecule has 7 nitrogen and oxygen atoms in total. The number of hydrogen-bond donors (Lipinski definition) is 1. The topological polar surface area (TPSA) is 93.4 Å². The van der Waals surface area contributed by atoms with E-state index in [4.69, 9.17) is 0 Å². The van der Waals surface area contributed by atoms with Crippen LogP contribution in [0.5, 0.6) is 0 Å². The Morgan fingerprint density at radius 2 is 1.85 bits per heavy atom. The molecule has 1 amide bonds. The second kappa shape index (κ2) is 6.53. The van der Waals surface area contributed by atoms with Gasteiger partial charge in [0.1, 0.15) is 0 Å². The molecule has 136 valence electrons. The van der Waals surface area contributed by atoms with Crippen molar-refractivity contribution in [2.45, 2.75) is 31.7 Å². The van der Waals surface area contributed by atoms with Gasteiger partial charge in [0, 0.05) is 18.5 Å². The minimum atomic E-state index is -3.24. The third-order valence-corrected chi connectivity index (χ3v) is 5.38. The molecule has 1 unspecified atom stereocenters. The SMILES string of the molecule is Cc1cc2ncc(C(=O)NC(C)c3ccc(S(C)(=O)=O)cc3)c(C)n2n1. The number of carbonyl (C=O) groups excluding carboxylic acids is 1. The molecule has 0 radical (unpaired) electrons. The van der Waals surface area contributed by atoms with Gasteiger partial charge in [0.15, 0.2) is 15.5 Å². The maximum atomic E-state index is 12.6. The minimum absolute atomic E-state index is 0.249. The van der Waals surface area contributed by atoms with Crippen LogP contribution in [0, 0.1) is 13.8 Å². The largest absolute Gasteiger partial charge is 0.345 e. The number of sulfone groups is 1. The quantitative estimate of drug-likeness (QED) is 0.758. The van der Waals surface area contributed by atoms with Gasteiger partial charge in [-0.3, -0.25) is 4.79 Å². The number of nitrogens with one attached hydrogen (secondary N) is 1.